The van der Waals surface area contributed by atoms with Gasteiger partial charge in [-0.1, -0.05) is 34.1 Å². The number of carbonyl (C=O) groups excluding carboxylic acids is 1. The summed E-state index contributed by atoms with van der Waals surface area (Å²) in [6, 6.07) is -0.313. The first-order chi connectivity index (χ1) is 5.30. The molecule has 2 N–H and O–H groups in total. The quantitative estimate of drug-likeness (QED) is 0.614. The molecule has 0 aliphatic carbocycles. The fraction of sp³-hybridized carbons (Fsp3) is 0.600. The van der Waals surface area contributed by atoms with E-state index in [1.165, 1.54) is 19.3 Å². The Morgan fingerprint density at radius 3 is 2.38 bits per heavy atom. The summed E-state index contributed by atoms with van der Waals surface area (Å²) in [6.45, 7) is 2.72. The summed E-state index contributed by atoms with van der Waals surface area (Å²) in [4.78, 5) is 12.4. The third-order valence-electron chi connectivity index (χ3n) is 1.99. The van der Waals surface area contributed by atoms with Crippen molar-refractivity contribution in [2.24, 2.45) is 5.73 Å². The number of hydrogen-bond acceptors (Lipinski definition) is 1. The molecule has 1 aliphatic rings. The van der Waals surface area contributed by atoms with Gasteiger partial charge >= 0.3 is 6.03 Å². The molecule has 0 atom stereocenters. The lowest BCUT2D eigenvalue weighted by atomic mass is 10.1. The Bertz CT molecular complexity index is 129. The van der Waals surface area contributed by atoms with Crippen molar-refractivity contribution in [2.45, 2.75) is 32.1 Å². The summed E-state index contributed by atoms with van der Waals surface area (Å²) in [5.41, 5.74) is 5.14. The van der Waals surface area contributed by atoms with Gasteiger partial charge in [-0.25, -0.2) is 4.79 Å². The van der Waals surface area contributed by atoms with Crippen LogP contribution in [0, 0.1) is 21.4 Å². The number of amides is 2. The molecule has 13 heavy (non-hydrogen) atoms. The van der Waals surface area contributed by atoms with Gasteiger partial charge in [0.25, 0.3) is 0 Å². The normalized spacial score (nSPS) is 17.4. The average Bonchev–Trinajstić information content (AvgIpc) is 1.84. The van der Waals surface area contributed by atoms with E-state index in [1.54, 1.807) is 4.90 Å². The Balaban J connectivity index is 0. The van der Waals surface area contributed by atoms with Gasteiger partial charge in [0.2, 0.25) is 0 Å². The molecule has 0 aromatic rings. The van der Waals surface area contributed by atoms with Crippen LogP contribution in [-0.4, -0.2) is 17.5 Å². The van der Waals surface area contributed by atoms with E-state index in [4.69, 9.17) is 5.73 Å². The Kier molecular flexibility index (Phi) is 8.97. The number of hydrogen-bond donors (Lipinski definition) is 1. The lowest BCUT2D eigenvalue weighted by molar-refractivity contribution is 0.214. The van der Waals surface area contributed by atoms with Gasteiger partial charge in [0, 0.05) is 6.54 Å². The van der Waals surface area contributed by atoms with Crippen molar-refractivity contribution in [2.75, 3.05) is 6.54 Å². The van der Waals surface area contributed by atoms with E-state index in [2.05, 4.69) is 0 Å². The monoisotopic (exact) mass is 183 g/mol. The predicted octanol–water partition coefficient (Wildman–Crippen LogP) is 2.15. The smallest absolute Gasteiger partial charge is 0.315 e. The van der Waals surface area contributed by atoms with Crippen molar-refractivity contribution < 1.29 is 4.79 Å². The fourth-order valence-corrected chi connectivity index (χ4v) is 1.32. The van der Waals surface area contributed by atoms with E-state index >= 15 is 0 Å². The molecule has 1 aliphatic heterocycles. The maximum atomic E-state index is 10.7. The van der Waals surface area contributed by atoms with E-state index in [0.29, 0.717) is 0 Å². The van der Waals surface area contributed by atoms with E-state index in [-0.39, 0.29) is 20.9 Å². The van der Waals surface area contributed by atoms with Gasteiger partial charge in [0.05, 0.1) is 6.54 Å². The van der Waals surface area contributed by atoms with Crippen LogP contribution in [0.2, 0.25) is 0 Å². The van der Waals surface area contributed by atoms with Gasteiger partial charge in [-0.3, -0.25) is 0 Å². The van der Waals surface area contributed by atoms with E-state index in [1.807, 2.05) is 6.54 Å². The van der Waals surface area contributed by atoms with Gasteiger partial charge < -0.3 is 10.6 Å². The second kappa shape index (κ2) is 7.90. The maximum absolute atomic E-state index is 10.7. The molecule has 0 spiro atoms. The second-order valence-corrected chi connectivity index (χ2v) is 2.92. The van der Waals surface area contributed by atoms with Crippen molar-refractivity contribution in [3.8, 4) is 0 Å². The third-order valence-corrected chi connectivity index (χ3v) is 1.99. The lowest BCUT2D eigenvalue weighted by Gasteiger charge is -2.21. The molecule has 1 heterocycles. The van der Waals surface area contributed by atoms with Crippen molar-refractivity contribution in [3.05, 3.63) is 21.4 Å². The van der Waals surface area contributed by atoms with Crippen LogP contribution in [-0.2, 0) is 0 Å². The first-order valence-electron chi connectivity index (χ1n) is 4.20. The third kappa shape index (κ3) is 5.50. The topological polar surface area (TPSA) is 46.3 Å². The molecule has 0 aromatic heterocycles. The summed E-state index contributed by atoms with van der Waals surface area (Å²) in [7, 11) is 0. The van der Waals surface area contributed by atoms with Crippen LogP contribution in [0.25, 0.3) is 0 Å². The molecule has 2 amide bonds. The summed E-state index contributed by atoms with van der Waals surface area (Å²) >= 11 is 0. The van der Waals surface area contributed by atoms with Crippen LogP contribution in [0.3, 0.4) is 0 Å². The molecule has 1 rings (SSSR count). The number of rotatable bonds is 0. The molecule has 1 fully saturated rings. The first kappa shape index (κ1) is 14.8. The van der Waals surface area contributed by atoms with Crippen molar-refractivity contribution in [1.29, 1.82) is 0 Å². The number of likely N-dealkylation sites (tertiary alicyclic amines) is 1. The molecule has 3 heteroatoms. The van der Waals surface area contributed by atoms with Crippen LogP contribution in [0.4, 0.5) is 4.79 Å². The van der Waals surface area contributed by atoms with Crippen LogP contribution >= 0.6 is 0 Å². The average molecular weight is 183 g/mol. The van der Waals surface area contributed by atoms with Crippen molar-refractivity contribution >= 4 is 6.03 Å². The number of nitrogens with two attached hydrogens (primary N) is 1. The summed E-state index contributed by atoms with van der Waals surface area (Å²) in [5, 5.41) is 0. The predicted molar refractivity (Wildman–Crippen MR) is 54.4 cm³/mol. The molecule has 1 saturated heterocycles. The van der Waals surface area contributed by atoms with Gasteiger partial charge in [-0.15, -0.1) is 0 Å². The van der Waals surface area contributed by atoms with Crippen LogP contribution in [0.15, 0.2) is 0 Å². The van der Waals surface area contributed by atoms with Gasteiger partial charge in [-0.05, 0) is 12.8 Å². The zero-order valence-corrected chi connectivity index (χ0v) is 8.17. The Morgan fingerprint density at radius 1 is 1.15 bits per heavy atom. The number of carbonyl (C=O) groups is 1. The van der Waals surface area contributed by atoms with Crippen LogP contribution in [0.1, 0.15) is 32.1 Å². The minimum Gasteiger partial charge on any atom is -0.351 e. The molecule has 0 saturated carbocycles. The Labute approximate surface area is 82.3 Å². The zero-order valence-electron chi connectivity index (χ0n) is 8.17. The number of nitrogens with zero attached hydrogens (tertiary/aromatic N) is 1. The largest absolute Gasteiger partial charge is 0.351 e. The highest BCUT2D eigenvalue weighted by atomic mass is 16.2. The highest BCUT2D eigenvalue weighted by Gasteiger charge is 2.10. The minimum absolute atomic E-state index is 0. The lowest BCUT2D eigenvalue weighted by Crippen LogP contribution is -2.34. The molecule has 75 valence electrons. The minimum atomic E-state index is -0.313. The Hall–Kier alpha value is -0.730. The first-order valence-corrected chi connectivity index (χ1v) is 4.20. The van der Waals surface area contributed by atoms with Crippen molar-refractivity contribution in [3.63, 3.8) is 0 Å². The van der Waals surface area contributed by atoms with Gasteiger partial charge in [0.15, 0.2) is 0 Å². The summed E-state index contributed by atoms with van der Waals surface area (Å²) in [6.07, 6.45) is 5.76. The van der Waals surface area contributed by atoms with E-state index in [9.17, 15) is 4.79 Å². The van der Waals surface area contributed by atoms with Gasteiger partial charge in [0.1, 0.15) is 0 Å². The molecule has 3 nitrogen and oxygen atoms in total. The Morgan fingerprint density at radius 2 is 1.77 bits per heavy atom. The summed E-state index contributed by atoms with van der Waals surface area (Å²) in [5.74, 6) is 0. The van der Waals surface area contributed by atoms with Crippen LogP contribution in [0.5, 0.6) is 0 Å². The molecule has 0 unspecified atom stereocenters. The molecular formula is C10H19N2O. The molecule has 0 aromatic carbocycles. The van der Waals surface area contributed by atoms with Crippen molar-refractivity contribution in [1.82, 2.24) is 4.90 Å². The number of primary amides is 1. The van der Waals surface area contributed by atoms with E-state index in [0.717, 1.165) is 19.4 Å². The van der Waals surface area contributed by atoms with E-state index < -0.39 is 0 Å². The molecule has 5 radical (unpaired) electrons. The molecular weight excluding hydrogens is 164 g/mol. The number of urea groups is 1. The standard InChI is InChI=1S/C8H15N2O.2CH2/c9-8(11)10-6-4-2-1-3-5-7-10;;/h6H,1-5,7H2,(H2,9,11);2*1H2. The maximum Gasteiger partial charge on any atom is 0.315 e. The fourth-order valence-electron chi connectivity index (χ4n) is 1.32. The van der Waals surface area contributed by atoms with Gasteiger partial charge in [-0.2, -0.15) is 0 Å². The second-order valence-electron chi connectivity index (χ2n) is 2.92. The molecule has 0 bridgehead atoms. The highest BCUT2D eigenvalue weighted by Crippen LogP contribution is 2.12. The summed E-state index contributed by atoms with van der Waals surface area (Å²) < 4.78 is 0. The zero-order chi connectivity index (χ0) is 8.10. The SMILES string of the molecule is NC(=O)N1[CH]CCCCCC1.[CH2].[CH2]. The van der Waals surface area contributed by atoms with Crippen LogP contribution < -0.4 is 5.73 Å². The highest BCUT2D eigenvalue weighted by molar-refractivity contribution is 5.72.